The Morgan fingerprint density at radius 2 is 1.68 bits per heavy atom. The summed E-state index contributed by atoms with van der Waals surface area (Å²) >= 11 is 13.2. The van der Waals surface area contributed by atoms with Gasteiger partial charge in [0, 0.05) is 4.47 Å². The predicted molar refractivity (Wildman–Crippen MR) is 138 cm³/mol. The Hall–Kier alpha value is -2.94. The fourth-order valence-electron chi connectivity index (χ4n) is 3.29. The van der Waals surface area contributed by atoms with Crippen LogP contribution in [0.5, 0.6) is 5.75 Å². The number of amides is 4. The van der Waals surface area contributed by atoms with Gasteiger partial charge in [0.15, 0.2) is 5.75 Å². The molecule has 1 aliphatic rings. The lowest BCUT2D eigenvalue weighted by molar-refractivity contribution is -0.122. The number of aryl methyl sites for hydroxylation is 1. The normalized spacial score (nSPS) is 15.0. The van der Waals surface area contributed by atoms with E-state index in [9.17, 15) is 14.4 Å². The van der Waals surface area contributed by atoms with Crippen molar-refractivity contribution < 1.29 is 19.1 Å². The van der Waals surface area contributed by atoms with Gasteiger partial charge >= 0.3 is 6.03 Å². The summed E-state index contributed by atoms with van der Waals surface area (Å²) in [5.74, 6) is -1.08. The lowest BCUT2D eigenvalue weighted by atomic mass is 10.1. The second-order valence-electron chi connectivity index (χ2n) is 7.52. The van der Waals surface area contributed by atoms with Gasteiger partial charge in [-0.25, -0.2) is 9.69 Å². The third-order valence-electron chi connectivity index (χ3n) is 5.02. The number of barbiturate groups is 1. The van der Waals surface area contributed by atoms with Crippen molar-refractivity contribution in [3.05, 3.63) is 96.9 Å². The molecule has 0 aromatic heterocycles. The van der Waals surface area contributed by atoms with E-state index in [1.54, 1.807) is 36.4 Å². The van der Waals surface area contributed by atoms with Crippen LogP contribution in [-0.4, -0.2) is 17.8 Å². The number of hydrogen-bond donors (Lipinski definition) is 1. The van der Waals surface area contributed by atoms with Gasteiger partial charge in [0.25, 0.3) is 11.8 Å². The Kier molecular flexibility index (Phi) is 7.21. The van der Waals surface area contributed by atoms with E-state index in [1.807, 2.05) is 31.2 Å². The third-order valence-corrected chi connectivity index (χ3v) is 6.42. The topological polar surface area (TPSA) is 75.7 Å². The van der Waals surface area contributed by atoms with Gasteiger partial charge < -0.3 is 4.74 Å². The van der Waals surface area contributed by atoms with Crippen molar-refractivity contribution in [3.8, 4) is 5.75 Å². The molecular formula is C25H17Br2ClN2O4. The number of rotatable bonds is 5. The van der Waals surface area contributed by atoms with E-state index < -0.39 is 17.8 Å². The highest BCUT2D eigenvalue weighted by Gasteiger charge is 2.36. The van der Waals surface area contributed by atoms with E-state index >= 15 is 0 Å². The van der Waals surface area contributed by atoms with Crippen LogP contribution in [0.4, 0.5) is 10.5 Å². The zero-order valence-electron chi connectivity index (χ0n) is 17.8. The molecule has 0 spiro atoms. The summed E-state index contributed by atoms with van der Waals surface area (Å²) in [4.78, 5) is 38.8. The number of carbonyl (C=O) groups excluding carboxylic acids is 3. The second-order valence-corrected chi connectivity index (χ2v) is 9.70. The first kappa shape index (κ1) is 24.2. The molecule has 4 amide bonds. The maximum absolute atomic E-state index is 13.1. The first-order valence-electron chi connectivity index (χ1n) is 10.1. The van der Waals surface area contributed by atoms with Crippen LogP contribution >= 0.6 is 43.5 Å². The molecule has 1 N–H and O–H groups in total. The maximum Gasteiger partial charge on any atom is 0.335 e. The molecule has 3 aromatic carbocycles. The van der Waals surface area contributed by atoms with Crippen LogP contribution in [0.15, 0.2) is 75.2 Å². The van der Waals surface area contributed by atoms with Gasteiger partial charge in [0.05, 0.1) is 15.2 Å². The van der Waals surface area contributed by atoms with Crippen LogP contribution < -0.4 is 15.0 Å². The smallest absolute Gasteiger partial charge is 0.335 e. The Balaban J connectivity index is 1.60. The molecule has 0 bridgehead atoms. The molecule has 0 aliphatic carbocycles. The number of ether oxygens (including phenoxy) is 1. The average Bonchev–Trinajstić information content (AvgIpc) is 2.78. The minimum atomic E-state index is -0.812. The van der Waals surface area contributed by atoms with E-state index in [2.05, 4.69) is 37.2 Å². The molecule has 34 heavy (non-hydrogen) atoms. The molecule has 6 nitrogen and oxygen atoms in total. The summed E-state index contributed by atoms with van der Waals surface area (Å²) in [6.45, 7) is 2.33. The molecule has 1 aliphatic heterocycles. The molecule has 0 saturated carbocycles. The zero-order chi connectivity index (χ0) is 24.4. The Bertz CT molecular complexity index is 1300. The average molecular weight is 605 g/mol. The second kappa shape index (κ2) is 10.1. The molecule has 1 fully saturated rings. The molecule has 4 rings (SSSR count). The van der Waals surface area contributed by atoms with Gasteiger partial charge in [-0.1, -0.05) is 57.4 Å². The van der Waals surface area contributed by atoms with E-state index in [0.717, 1.165) is 20.5 Å². The predicted octanol–water partition coefficient (Wildman–Crippen LogP) is 6.42. The Morgan fingerprint density at radius 1 is 1.00 bits per heavy atom. The van der Waals surface area contributed by atoms with Crippen LogP contribution in [0.25, 0.3) is 6.08 Å². The number of nitrogens with one attached hydrogen (secondary N) is 1. The number of urea groups is 1. The largest absolute Gasteiger partial charge is 0.486 e. The van der Waals surface area contributed by atoms with Crippen molar-refractivity contribution in [3.63, 3.8) is 0 Å². The standard InChI is InChI=1S/C25H17Br2ClN2O4/c1-14-2-4-15(5-3-14)13-34-22-20(27)11-16(12-21(22)28)10-19-23(31)29-25(33)30(24(19)32)18-8-6-17(26)7-9-18/h2-12H,13H2,1H3,(H,29,31,33)/b19-10+. The van der Waals surface area contributed by atoms with Gasteiger partial charge in [0.1, 0.15) is 12.2 Å². The SMILES string of the molecule is Cc1ccc(COc2c(Cl)cc(/C=C3\C(=O)NC(=O)N(c4ccc(Br)cc4)C3=O)cc2Br)cc1. The summed E-state index contributed by atoms with van der Waals surface area (Å²) in [6, 6.07) is 17.0. The number of halogens is 3. The molecule has 0 unspecified atom stereocenters. The molecule has 0 atom stereocenters. The van der Waals surface area contributed by atoms with Crippen molar-refractivity contribution >= 4 is 73.1 Å². The molecule has 9 heteroatoms. The van der Waals surface area contributed by atoms with Crippen LogP contribution in [0.2, 0.25) is 5.02 Å². The van der Waals surface area contributed by atoms with Gasteiger partial charge in [-0.3, -0.25) is 14.9 Å². The van der Waals surface area contributed by atoms with E-state index in [1.165, 1.54) is 6.08 Å². The molecule has 0 radical (unpaired) electrons. The van der Waals surface area contributed by atoms with E-state index in [0.29, 0.717) is 33.1 Å². The Labute approximate surface area is 217 Å². The lowest BCUT2D eigenvalue weighted by Crippen LogP contribution is -2.54. The van der Waals surface area contributed by atoms with Crippen molar-refractivity contribution in [2.45, 2.75) is 13.5 Å². The zero-order valence-corrected chi connectivity index (χ0v) is 21.7. The number of hydrogen-bond acceptors (Lipinski definition) is 4. The van der Waals surface area contributed by atoms with Crippen molar-refractivity contribution in [1.29, 1.82) is 0 Å². The molecule has 1 heterocycles. The van der Waals surface area contributed by atoms with Crippen LogP contribution in [0, 0.1) is 6.92 Å². The minimum Gasteiger partial charge on any atom is -0.486 e. The molecular weight excluding hydrogens is 588 g/mol. The number of anilines is 1. The van der Waals surface area contributed by atoms with E-state index in [-0.39, 0.29) is 5.57 Å². The quantitative estimate of drug-likeness (QED) is 0.270. The van der Waals surface area contributed by atoms with Gasteiger partial charge in [-0.15, -0.1) is 0 Å². The summed E-state index contributed by atoms with van der Waals surface area (Å²) in [5, 5.41) is 2.51. The van der Waals surface area contributed by atoms with Crippen molar-refractivity contribution in [2.75, 3.05) is 4.90 Å². The fraction of sp³-hybridized carbons (Fsp3) is 0.0800. The molecule has 1 saturated heterocycles. The van der Waals surface area contributed by atoms with Crippen molar-refractivity contribution in [1.82, 2.24) is 5.32 Å². The summed E-state index contributed by atoms with van der Waals surface area (Å²) in [5.41, 5.74) is 2.77. The summed E-state index contributed by atoms with van der Waals surface area (Å²) in [6.07, 6.45) is 1.39. The number of benzene rings is 3. The van der Waals surface area contributed by atoms with Gasteiger partial charge in [-0.2, -0.15) is 0 Å². The highest BCUT2D eigenvalue weighted by molar-refractivity contribution is 9.10. The van der Waals surface area contributed by atoms with Gasteiger partial charge in [-0.05, 0) is 76.5 Å². The van der Waals surface area contributed by atoms with Crippen molar-refractivity contribution in [2.24, 2.45) is 0 Å². The van der Waals surface area contributed by atoms with Gasteiger partial charge in [0.2, 0.25) is 0 Å². The number of nitrogens with zero attached hydrogens (tertiary/aromatic N) is 1. The fourth-order valence-corrected chi connectivity index (χ4v) is 4.54. The first-order chi connectivity index (χ1) is 16.2. The van der Waals surface area contributed by atoms with Crippen LogP contribution in [-0.2, 0) is 16.2 Å². The summed E-state index contributed by atoms with van der Waals surface area (Å²) in [7, 11) is 0. The van der Waals surface area contributed by atoms with Crippen LogP contribution in [0.1, 0.15) is 16.7 Å². The highest BCUT2D eigenvalue weighted by atomic mass is 79.9. The Morgan fingerprint density at radius 3 is 2.32 bits per heavy atom. The third kappa shape index (κ3) is 5.24. The maximum atomic E-state index is 13.1. The first-order valence-corrected chi connectivity index (χ1v) is 12.0. The lowest BCUT2D eigenvalue weighted by Gasteiger charge is -2.26. The number of imide groups is 2. The summed E-state index contributed by atoms with van der Waals surface area (Å²) < 4.78 is 7.22. The minimum absolute atomic E-state index is 0.196. The monoisotopic (exact) mass is 602 g/mol. The molecule has 172 valence electrons. The molecule has 3 aromatic rings. The number of carbonyl (C=O) groups is 3. The highest BCUT2D eigenvalue weighted by Crippen LogP contribution is 2.36. The van der Waals surface area contributed by atoms with Crippen LogP contribution in [0.3, 0.4) is 0 Å². The van der Waals surface area contributed by atoms with E-state index in [4.69, 9.17) is 16.3 Å².